The van der Waals surface area contributed by atoms with Crippen LogP contribution in [0, 0.1) is 0 Å². The maximum atomic E-state index is 12.5. The number of ether oxygens (including phenoxy) is 1. The molecule has 0 saturated heterocycles. The fourth-order valence-corrected chi connectivity index (χ4v) is 3.15. The lowest BCUT2D eigenvalue weighted by atomic mass is 10.2. The molecule has 0 aromatic heterocycles. The van der Waals surface area contributed by atoms with Crippen molar-refractivity contribution in [1.82, 2.24) is 5.32 Å². The van der Waals surface area contributed by atoms with Gasteiger partial charge in [0.2, 0.25) is 5.91 Å². The van der Waals surface area contributed by atoms with Gasteiger partial charge < -0.3 is 15.4 Å². The Kier molecular flexibility index (Phi) is 7.88. The summed E-state index contributed by atoms with van der Waals surface area (Å²) in [6.45, 7) is 1.74. The summed E-state index contributed by atoms with van der Waals surface area (Å²) in [7, 11) is 1.39. The van der Waals surface area contributed by atoms with Crippen molar-refractivity contribution in [2.75, 3.05) is 17.7 Å². The minimum atomic E-state index is -0.565. The fraction of sp³-hybridized carbons (Fsp3) is 0.167. The number of nitrogens with one attached hydrogen (secondary N) is 3. The van der Waals surface area contributed by atoms with Gasteiger partial charge in [-0.15, -0.1) is 0 Å². The molecular formula is C18H16Cl3N3O3S. The van der Waals surface area contributed by atoms with E-state index >= 15 is 0 Å². The van der Waals surface area contributed by atoms with Gasteiger partial charge >= 0.3 is 0 Å². The summed E-state index contributed by atoms with van der Waals surface area (Å²) in [4.78, 5) is 24.1. The molecule has 2 rings (SSSR count). The molecule has 10 heteroatoms. The number of benzene rings is 2. The first-order valence-corrected chi connectivity index (χ1v) is 9.54. The average Bonchev–Trinajstić information content (AvgIpc) is 2.63. The lowest BCUT2D eigenvalue weighted by molar-refractivity contribution is -0.115. The molecule has 0 atom stereocenters. The van der Waals surface area contributed by atoms with Crippen molar-refractivity contribution < 1.29 is 14.3 Å². The highest BCUT2D eigenvalue weighted by atomic mass is 35.5. The molecule has 6 nitrogen and oxygen atoms in total. The van der Waals surface area contributed by atoms with E-state index in [4.69, 9.17) is 51.8 Å². The second-order valence-electron chi connectivity index (χ2n) is 5.47. The Morgan fingerprint density at radius 3 is 2.43 bits per heavy atom. The molecule has 0 aliphatic rings. The molecule has 0 aliphatic heterocycles. The van der Waals surface area contributed by atoms with Crippen molar-refractivity contribution in [3.8, 4) is 5.75 Å². The van der Waals surface area contributed by atoms with E-state index in [1.807, 2.05) is 0 Å². The summed E-state index contributed by atoms with van der Waals surface area (Å²) in [5.41, 5.74) is 1.08. The van der Waals surface area contributed by atoms with Crippen LogP contribution in [0.5, 0.6) is 5.75 Å². The number of hydrogen-bond donors (Lipinski definition) is 3. The van der Waals surface area contributed by atoms with E-state index in [0.717, 1.165) is 0 Å². The number of methoxy groups -OCH3 is 1. The van der Waals surface area contributed by atoms with Gasteiger partial charge in [-0.2, -0.15) is 0 Å². The first-order chi connectivity index (χ1) is 13.2. The van der Waals surface area contributed by atoms with Gasteiger partial charge in [0, 0.05) is 17.1 Å². The topological polar surface area (TPSA) is 79.5 Å². The van der Waals surface area contributed by atoms with Crippen LogP contribution in [0.1, 0.15) is 23.7 Å². The first kappa shape index (κ1) is 22.2. The van der Waals surface area contributed by atoms with Crippen molar-refractivity contribution in [2.45, 2.75) is 13.3 Å². The first-order valence-electron chi connectivity index (χ1n) is 8.00. The fourth-order valence-electron chi connectivity index (χ4n) is 2.21. The standard InChI is InChI=1S/C18H16Cl3N3O3S/c1-3-15(25)22-10-4-5-12(20)14(8-10)23-18(28)24-17(26)11-6-9(19)7-13(21)16(11)27-2/h4-8H,3H2,1-2H3,(H,22,25)(H2,23,24,26,28). The van der Waals surface area contributed by atoms with Crippen LogP contribution >= 0.6 is 47.0 Å². The number of carbonyl (C=O) groups is 2. The number of thiocarbonyl (C=S) groups is 1. The normalized spacial score (nSPS) is 10.2. The monoisotopic (exact) mass is 459 g/mol. The minimum absolute atomic E-state index is 0.0102. The lowest BCUT2D eigenvalue weighted by Crippen LogP contribution is -2.34. The van der Waals surface area contributed by atoms with Crippen LogP contribution < -0.4 is 20.7 Å². The van der Waals surface area contributed by atoms with E-state index in [1.165, 1.54) is 19.2 Å². The Morgan fingerprint density at radius 2 is 1.79 bits per heavy atom. The van der Waals surface area contributed by atoms with Gasteiger partial charge in [0.05, 0.1) is 28.4 Å². The Bertz CT molecular complexity index is 938. The van der Waals surface area contributed by atoms with Crippen molar-refractivity contribution in [2.24, 2.45) is 0 Å². The Hall–Kier alpha value is -2.06. The highest BCUT2D eigenvalue weighted by Gasteiger charge is 2.18. The Labute approximate surface area is 182 Å². The number of halogens is 3. The molecule has 0 spiro atoms. The van der Waals surface area contributed by atoms with Gasteiger partial charge in [0.1, 0.15) is 5.75 Å². The van der Waals surface area contributed by atoms with Crippen LogP contribution in [0.3, 0.4) is 0 Å². The van der Waals surface area contributed by atoms with E-state index in [0.29, 0.717) is 22.8 Å². The largest absolute Gasteiger partial charge is 0.494 e. The highest BCUT2D eigenvalue weighted by Crippen LogP contribution is 2.32. The second kappa shape index (κ2) is 9.93. The number of carbonyl (C=O) groups excluding carboxylic acids is 2. The van der Waals surface area contributed by atoms with E-state index in [1.54, 1.807) is 25.1 Å². The molecule has 0 saturated carbocycles. The molecule has 2 aromatic rings. The zero-order chi connectivity index (χ0) is 20.8. The minimum Gasteiger partial charge on any atom is -0.494 e. The predicted molar refractivity (Wildman–Crippen MR) is 117 cm³/mol. The number of rotatable bonds is 5. The van der Waals surface area contributed by atoms with Crippen LogP contribution in [0.25, 0.3) is 0 Å². The molecule has 148 valence electrons. The zero-order valence-corrected chi connectivity index (χ0v) is 17.9. The third-order valence-electron chi connectivity index (χ3n) is 3.50. The number of amides is 2. The summed E-state index contributed by atoms with van der Waals surface area (Å²) in [5, 5.41) is 8.86. The van der Waals surface area contributed by atoms with Crippen LogP contribution in [0.15, 0.2) is 30.3 Å². The van der Waals surface area contributed by atoms with Crippen molar-refractivity contribution in [3.63, 3.8) is 0 Å². The molecule has 0 heterocycles. The smallest absolute Gasteiger partial charge is 0.261 e. The Morgan fingerprint density at radius 1 is 1.07 bits per heavy atom. The quantitative estimate of drug-likeness (QED) is 0.539. The maximum absolute atomic E-state index is 12.5. The van der Waals surface area contributed by atoms with E-state index in [9.17, 15) is 9.59 Å². The molecule has 3 N–H and O–H groups in total. The number of hydrogen-bond acceptors (Lipinski definition) is 4. The SMILES string of the molecule is CCC(=O)Nc1ccc(Cl)c(NC(=S)NC(=O)c2cc(Cl)cc(Cl)c2OC)c1. The molecule has 0 bridgehead atoms. The summed E-state index contributed by atoms with van der Waals surface area (Å²) in [6.07, 6.45) is 0.337. The summed E-state index contributed by atoms with van der Waals surface area (Å²) in [6, 6.07) is 7.73. The van der Waals surface area contributed by atoms with Crippen molar-refractivity contribution in [1.29, 1.82) is 0 Å². The number of anilines is 2. The van der Waals surface area contributed by atoms with Gasteiger partial charge in [0.15, 0.2) is 5.11 Å². The van der Waals surface area contributed by atoms with E-state index < -0.39 is 5.91 Å². The molecular weight excluding hydrogens is 445 g/mol. The van der Waals surface area contributed by atoms with Gasteiger partial charge in [-0.05, 0) is 42.5 Å². The average molecular weight is 461 g/mol. The molecule has 28 heavy (non-hydrogen) atoms. The molecule has 2 aromatic carbocycles. The van der Waals surface area contributed by atoms with E-state index in [-0.39, 0.29) is 32.4 Å². The highest BCUT2D eigenvalue weighted by molar-refractivity contribution is 7.80. The van der Waals surface area contributed by atoms with Crippen LogP contribution in [0.4, 0.5) is 11.4 Å². The van der Waals surface area contributed by atoms with Crippen LogP contribution in [-0.2, 0) is 4.79 Å². The third-order valence-corrected chi connectivity index (χ3v) is 4.54. The summed E-state index contributed by atoms with van der Waals surface area (Å²) in [5.74, 6) is -0.534. The van der Waals surface area contributed by atoms with Crippen LogP contribution in [0.2, 0.25) is 15.1 Å². The Balaban J connectivity index is 2.15. The molecule has 0 aliphatic carbocycles. The van der Waals surface area contributed by atoms with Crippen LogP contribution in [-0.4, -0.2) is 24.0 Å². The van der Waals surface area contributed by atoms with Gasteiger partial charge in [-0.1, -0.05) is 41.7 Å². The third kappa shape index (κ3) is 5.72. The van der Waals surface area contributed by atoms with Gasteiger partial charge in [-0.25, -0.2) is 0 Å². The summed E-state index contributed by atoms with van der Waals surface area (Å²) >= 11 is 23.3. The second-order valence-corrected chi connectivity index (χ2v) is 7.13. The van der Waals surface area contributed by atoms with Crippen molar-refractivity contribution in [3.05, 3.63) is 51.0 Å². The molecule has 2 amide bonds. The molecule has 0 unspecified atom stereocenters. The maximum Gasteiger partial charge on any atom is 0.261 e. The zero-order valence-electron chi connectivity index (χ0n) is 14.9. The van der Waals surface area contributed by atoms with E-state index in [2.05, 4.69) is 16.0 Å². The predicted octanol–water partition coefficient (Wildman–Crippen LogP) is 5.13. The van der Waals surface area contributed by atoms with Gasteiger partial charge in [-0.3, -0.25) is 14.9 Å². The van der Waals surface area contributed by atoms with Gasteiger partial charge in [0.25, 0.3) is 5.91 Å². The van der Waals surface area contributed by atoms with Crippen molar-refractivity contribution >= 4 is 75.3 Å². The summed E-state index contributed by atoms with van der Waals surface area (Å²) < 4.78 is 5.16. The molecule has 0 fully saturated rings. The lowest BCUT2D eigenvalue weighted by Gasteiger charge is -2.14. The molecule has 0 radical (unpaired) electrons.